The number of likely N-dealkylation sites (tertiary alicyclic amines) is 1. The Bertz CT molecular complexity index is 1010. The third-order valence-corrected chi connectivity index (χ3v) is 5.27. The number of carbonyl (C=O) groups excluding carboxylic acids is 2. The minimum Gasteiger partial charge on any atom is -0.507 e. The van der Waals surface area contributed by atoms with E-state index in [-0.39, 0.29) is 11.3 Å². The van der Waals surface area contributed by atoms with Crippen LogP contribution < -0.4 is 4.74 Å². The molecule has 7 nitrogen and oxygen atoms in total. The van der Waals surface area contributed by atoms with Crippen molar-refractivity contribution in [2.45, 2.75) is 33.2 Å². The van der Waals surface area contributed by atoms with Gasteiger partial charge in [-0.15, -0.1) is 0 Å². The Hall–Kier alpha value is -3.06. The van der Waals surface area contributed by atoms with Crippen LogP contribution in [0.25, 0.3) is 5.76 Å². The Kier molecular flexibility index (Phi) is 7.40. The number of ketones is 1. The second kappa shape index (κ2) is 10.0. The van der Waals surface area contributed by atoms with Gasteiger partial charge in [0.1, 0.15) is 29.1 Å². The third-order valence-electron chi connectivity index (χ3n) is 5.27. The highest BCUT2D eigenvalue weighted by molar-refractivity contribution is 6.46. The summed E-state index contributed by atoms with van der Waals surface area (Å²) in [6.07, 6.45) is 0.689. The van der Waals surface area contributed by atoms with Crippen molar-refractivity contribution in [3.8, 4) is 5.75 Å². The fourth-order valence-electron chi connectivity index (χ4n) is 3.72. The predicted molar refractivity (Wildman–Crippen MR) is 122 cm³/mol. The Morgan fingerprint density at radius 2 is 1.97 bits per heavy atom. The minimum atomic E-state index is -0.772. The number of aryl methyl sites for hydroxylation is 1. The maximum absolute atomic E-state index is 13.0. The molecule has 3 rings (SSSR count). The van der Waals surface area contributed by atoms with E-state index < -0.39 is 17.7 Å². The molecule has 1 amide bonds. The second-order valence-corrected chi connectivity index (χ2v) is 8.83. The van der Waals surface area contributed by atoms with E-state index in [9.17, 15) is 14.7 Å². The molecule has 172 valence electrons. The maximum atomic E-state index is 13.0. The zero-order chi connectivity index (χ0) is 23.4. The van der Waals surface area contributed by atoms with E-state index in [0.29, 0.717) is 48.3 Å². The molecule has 1 N–H and O–H groups in total. The molecule has 1 fully saturated rings. The molecule has 0 spiro atoms. The zero-order valence-corrected chi connectivity index (χ0v) is 19.4. The van der Waals surface area contributed by atoms with Gasteiger partial charge in [0.15, 0.2) is 0 Å². The maximum Gasteiger partial charge on any atom is 0.295 e. The van der Waals surface area contributed by atoms with Gasteiger partial charge in [0.25, 0.3) is 11.7 Å². The fourth-order valence-corrected chi connectivity index (χ4v) is 3.72. The first-order valence-electron chi connectivity index (χ1n) is 10.9. The van der Waals surface area contributed by atoms with E-state index in [4.69, 9.17) is 9.15 Å². The molecule has 2 aromatic rings. The number of hydrogen-bond donors (Lipinski definition) is 1. The Balaban J connectivity index is 2.01. The van der Waals surface area contributed by atoms with Gasteiger partial charge >= 0.3 is 0 Å². The largest absolute Gasteiger partial charge is 0.507 e. The van der Waals surface area contributed by atoms with Gasteiger partial charge in [0.05, 0.1) is 12.2 Å². The summed E-state index contributed by atoms with van der Waals surface area (Å²) in [7, 11) is 3.91. The monoisotopic (exact) mass is 440 g/mol. The zero-order valence-electron chi connectivity index (χ0n) is 19.4. The van der Waals surface area contributed by atoms with Gasteiger partial charge in [0.2, 0.25) is 0 Å². The summed E-state index contributed by atoms with van der Waals surface area (Å²) in [4.78, 5) is 29.5. The Morgan fingerprint density at radius 1 is 1.22 bits per heavy atom. The number of nitrogens with zero attached hydrogens (tertiary/aromatic N) is 2. The topological polar surface area (TPSA) is 83.2 Å². The van der Waals surface area contributed by atoms with Crippen LogP contribution in [0.4, 0.5) is 0 Å². The lowest BCUT2D eigenvalue weighted by Crippen LogP contribution is -2.32. The molecule has 0 saturated carbocycles. The number of amides is 1. The summed E-state index contributed by atoms with van der Waals surface area (Å²) >= 11 is 0. The normalized spacial score (nSPS) is 18.2. The van der Waals surface area contributed by atoms with E-state index in [1.165, 1.54) is 4.90 Å². The number of Topliss-reactive ketones (excluding diaryl/α,β-unsaturated/α-hetero) is 1. The van der Waals surface area contributed by atoms with Crippen molar-refractivity contribution in [1.82, 2.24) is 9.80 Å². The molecule has 2 heterocycles. The van der Waals surface area contributed by atoms with Crippen LogP contribution in [0.15, 0.2) is 46.4 Å². The van der Waals surface area contributed by atoms with Gasteiger partial charge in [-0.25, -0.2) is 0 Å². The van der Waals surface area contributed by atoms with Crippen molar-refractivity contribution >= 4 is 17.4 Å². The van der Waals surface area contributed by atoms with Crippen molar-refractivity contribution in [3.63, 3.8) is 0 Å². The molecular formula is C25H32N2O5. The van der Waals surface area contributed by atoms with E-state index in [1.54, 1.807) is 43.3 Å². The van der Waals surface area contributed by atoms with Crippen LogP contribution in [0.5, 0.6) is 5.75 Å². The van der Waals surface area contributed by atoms with Crippen molar-refractivity contribution < 1.29 is 23.8 Å². The molecule has 1 aromatic heterocycles. The van der Waals surface area contributed by atoms with Crippen molar-refractivity contribution in [2.75, 3.05) is 33.8 Å². The lowest BCUT2D eigenvalue weighted by Gasteiger charge is -2.24. The second-order valence-electron chi connectivity index (χ2n) is 8.83. The molecule has 7 heteroatoms. The van der Waals surface area contributed by atoms with Crippen molar-refractivity contribution in [1.29, 1.82) is 0 Å². The summed E-state index contributed by atoms with van der Waals surface area (Å²) in [6, 6.07) is 9.70. The first-order chi connectivity index (χ1) is 15.2. The van der Waals surface area contributed by atoms with E-state index >= 15 is 0 Å². The van der Waals surface area contributed by atoms with Crippen LogP contribution in [-0.2, 0) is 9.59 Å². The van der Waals surface area contributed by atoms with Crippen molar-refractivity contribution in [3.05, 3.63) is 59.1 Å². The van der Waals surface area contributed by atoms with Crippen LogP contribution in [0.3, 0.4) is 0 Å². The molecule has 1 atom stereocenters. The molecular weight excluding hydrogens is 408 g/mol. The van der Waals surface area contributed by atoms with Gasteiger partial charge in [-0.05, 0) is 64.2 Å². The van der Waals surface area contributed by atoms with Gasteiger partial charge in [-0.1, -0.05) is 26.0 Å². The summed E-state index contributed by atoms with van der Waals surface area (Å²) in [5, 5.41) is 11.2. The van der Waals surface area contributed by atoms with Crippen LogP contribution in [0.1, 0.15) is 43.4 Å². The number of aliphatic hydroxyl groups excluding tert-OH is 1. The Morgan fingerprint density at radius 3 is 2.59 bits per heavy atom. The van der Waals surface area contributed by atoms with Gasteiger partial charge in [0, 0.05) is 12.1 Å². The SMILES string of the molecule is Cc1ccc(C2/C(=C(/O)c3cccc(OCC(C)C)c3)C(=O)C(=O)N2CCCN(C)C)o1. The molecule has 1 saturated heterocycles. The summed E-state index contributed by atoms with van der Waals surface area (Å²) in [6.45, 7) is 7.58. The molecule has 32 heavy (non-hydrogen) atoms. The number of ether oxygens (including phenoxy) is 1. The summed E-state index contributed by atoms with van der Waals surface area (Å²) in [5.74, 6) is 0.502. The Labute approximate surface area is 189 Å². The number of furan rings is 1. The highest BCUT2D eigenvalue weighted by Gasteiger charge is 2.47. The summed E-state index contributed by atoms with van der Waals surface area (Å²) in [5.41, 5.74) is 0.459. The van der Waals surface area contributed by atoms with Gasteiger partial charge < -0.3 is 24.1 Å². The number of aliphatic hydroxyl groups is 1. The molecule has 1 aliphatic rings. The van der Waals surface area contributed by atoms with Gasteiger partial charge in [-0.3, -0.25) is 9.59 Å². The first kappa shape index (κ1) is 23.6. The van der Waals surface area contributed by atoms with Crippen molar-refractivity contribution in [2.24, 2.45) is 5.92 Å². The molecule has 1 aliphatic heterocycles. The van der Waals surface area contributed by atoms with Crippen LogP contribution in [0, 0.1) is 12.8 Å². The van der Waals surface area contributed by atoms with Gasteiger partial charge in [-0.2, -0.15) is 0 Å². The smallest absolute Gasteiger partial charge is 0.295 e. The minimum absolute atomic E-state index is 0.0372. The number of hydrogen-bond acceptors (Lipinski definition) is 6. The molecule has 1 unspecified atom stereocenters. The van der Waals surface area contributed by atoms with E-state index in [1.807, 2.05) is 32.8 Å². The van der Waals surface area contributed by atoms with Crippen LogP contribution in [-0.4, -0.2) is 60.4 Å². The van der Waals surface area contributed by atoms with Crippen LogP contribution >= 0.6 is 0 Å². The number of benzene rings is 1. The molecule has 1 aromatic carbocycles. The molecule has 0 radical (unpaired) electrons. The molecule has 0 bridgehead atoms. The van der Waals surface area contributed by atoms with E-state index in [2.05, 4.69) is 0 Å². The first-order valence-corrected chi connectivity index (χ1v) is 10.9. The molecule has 0 aliphatic carbocycles. The summed E-state index contributed by atoms with van der Waals surface area (Å²) < 4.78 is 11.6. The quantitative estimate of drug-likeness (QED) is 0.361. The lowest BCUT2D eigenvalue weighted by molar-refractivity contribution is -0.140. The number of rotatable bonds is 9. The third kappa shape index (κ3) is 5.22. The highest BCUT2D eigenvalue weighted by Crippen LogP contribution is 2.40. The lowest BCUT2D eigenvalue weighted by atomic mass is 9.99. The van der Waals surface area contributed by atoms with E-state index in [0.717, 1.165) is 6.54 Å². The average molecular weight is 441 g/mol. The number of carbonyl (C=O) groups is 2. The predicted octanol–water partition coefficient (Wildman–Crippen LogP) is 4.00. The van der Waals surface area contributed by atoms with Crippen LogP contribution in [0.2, 0.25) is 0 Å². The average Bonchev–Trinajstić information content (AvgIpc) is 3.28. The fraction of sp³-hybridized carbons (Fsp3) is 0.440. The standard InChI is InChI=1S/C25H32N2O5/c1-16(2)15-31-19-9-6-8-18(14-19)23(28)21-22(20-11-10-17(3)32-20)27(25(30)24(21)29)13-7-12-26(4)5/h6,8-11,14,16,22,28H,7,12-13,15H2,1-5H3/b23-21-. The highest BCUT2D eigenvalue weighted by atomic mass is 16.5.